The largest absolute Gasteiger partial charge is 0.506 e. The van der Waals surface area contributed by atoms with Gasteiger partial charge in [0.15, 0.2) is 0 Å². The van der Waals surface area contributed by atoms with Crippen molar-refractivity contribution in [1.82, 2.24) is 14.8 Å². The van der Waals surface area contributed by atoms with E-state index >= 15 is 0 Å². The lowest BCUT2D eigenvalue weighted by Gasteiger charge is -2.32. The van der Waals surface area contributed by atoms with Crippen LogP contribution in [0.5, 0.6) is 5.75 Å². The number of hydrogen-bond acceptors (Lipinski definition) is 4. The van der Waals surface area contributed by atoms with Crippen LogP contribution in [0.15, 0.2) is 12.1 Å². The molecule has 0 bridgehead atoms. The lowest BCUT2D eigenvalue weighted by atomic mass is 10.1. The summed E-state index contributed by atoms with van der Waals surface area (Å²) in [4.78, 5) is 9.56. The van der Waals surface area contributed by atoms with Gasteiger partial charge in [0.1, 0.15) is 5.75 Å². The van der Waals surface area contributed by atoms with Crippen LogP contribution in [0.3, 0.4) is 0 Å². The summed E-state index contributed by atoms with van der Waals surface area (Å²) < 4.78 is 0. The Labute approximate surface area is 121 Å². The van der Waals surface area contributed by atoms with Gasteiger partial charge in [-0.1, -0.05) is 6.42 Å². The van der Waals surface area contributed by atoms with Gasteiger partial charge < -0.3 is 5.11 Å². The first-order valence-electron chi connectivity index (χ1n) is 7.84. The van der Waals surface area contributed by atoms with E-state index in [4.69, 9.17) is 0 Å². The van der Waals surface area contributed by atoms with Gasteiger partial charge in [0.25, 0.3) is 0 Å². The minimum atomic E-state index is 0.331. The molecule has 3 heterocycles. The molecule has 1 aromatic rings. The molecular formula is C16H25N3O. The number of piperidine rings is 1. The van der Waals surface area contributed by atoms with Crippen LogP contribution in [-0.2, 0) is 6.54 Å². The number of aromatic hydroxyl groups is 1. The van der Waals surface area contributed by atoms with Crippen LogP contribution in [-0.4, -0.2) is 52.1 Å². The fraction of sp³-hybridized carbons (Fsp3) is 0.688. The van der Waals surface area contributed by atoms with Gasteiger partial charge in [-0.05, 0) is 51.4 Å². The fourth-order valence-corrected chi connectivity index (χ4v) is 3.47. The predicted octanol–water partition coefficient (Wildman–Crippen LogP) is 2.16. The van der Waals surface area contributed by atoms with Gasteiger partial charge in [-0.2, -0.15) is 0 Å². The monoisotopic (exact) mass is 275 g/mol. The highest BCUT2D eigenvalue weighted by molar-refractivity contribution is 5.27. The van der Waals surface area contributed by atoms with Crippen LogP contribution in [0.4, 0.5) is 0 Å². The molecule has 2 aliphatic heterocycles. The van der Waals surface area contributed by atoms with Crippen LogP contribution in [0.25, 0.3) is 0 Å². The molecule has 1 N–H and O–H groups in total. The summed E-state index contributed by atoms with van der Waals surface area (Å²) >= 11 is 0. The van der Waals surface area contributed by atoms with Crippen molar-refractivity contribution < 1.29 is 5.11 Å². The standard InChI is InChI=1S/C16H25N3O/c1-13-5-6-16(20)15(17-13)12-18-10-7-14(11-18)19-8-3-2-4-9-19/h5-6,14,20H,2-4,7-12H2,1H3. The zero-order valence-corrected chi connectivity index (χ0v) is 12.4. The molecule has 1 unspecified atom stereocenters. The van der Waals surface area contributed by atoms with Crippen molar-refractivity contribution in [3.8, 4) is 5.75 Å². The molecule has 1 atom stereocenters. The summed E-state index contributed by atoms with van der Waals surface area (Å²) in [5.74, 6) is 0.331. The van der Waals surface area contributed by atoms with Gasteiger partial charge in [-0.15, -0.1) is 0 Å². The lowest BCUT2D eigenvalue weighted by molar-refractivity contribution is 0.161. The SMILES string of the molecule is Cc1ccc(O)c(CN2CCC(N3CCCCC3)C2)n1. The maximum Gasteiger partial charge on any atom is 0.138 e. The first kappa shape index (κ1) is 13.8. The number of pyridine rings is 1. The summed E-state index contributed by atoms with van der Waals surface area (Å²) in [7, 11) is 0. The number of nitrogens with zero attached hydrogens (tertiary/aromatic N) is 3. The molecule has 0 aliphatic carbocycles. The zero-order chi connectivity index (χ0) is 13.9. The minimum Gasteiger partial charge on any atom is -0.506 e. The summed E-state index contributed by atoms with van der Waals surface area (Å²) in [5, 5.41) is 9.91. The van der Waals surface area contributed by atoms with Crippen molar-refractivity contribution in [2.45, 2.75) is 45.2 Å². The summed E-state index contributed by atoms with van der Waals surface area (Å²) in [5.41, 5.74) is 1.80. The summed E-state index contributed by atoms with van der Waals surface area (Å²) in [6.07, 6.45) is 5.37. The summed E-state index contributed by atoms with van der Waals surface area (Å²) in [6, 6.07) is 4.33. The van der Waals surface area contributed by atoms with E-state index in [0.717, 1.165) is 31.0 Å². The van der Waals surface area contributed by atoms with Crippen LogP contribution in [0.1, 0.15) is 37.1 Å². The zero-order valence-electron chi connectivity index (χ0n) is 12.4. The lowest BCUT2D eigenvalue weighted by Crippen LogP contribution is -2.40. The van der Waals surface area contributed by atoms with E-state index in [1.54, 1.807) is 6.07 Å². The van der Waals surface area contributed by atoms with Crippen LogP contribution >= 0.6 is 0 Å². The van der Waals surface area contributed by atoms with E-state index in [1.807, 2.05) is 13.0 Å². The van der Waals surface area contributed by atoms with E-state index in [-0.39, 0.29) is 0 Å². The maximum atomic E-state index is 9.91. The summed E-state index contributed by atoms with van der Waals surface area (Å²) in [6.45, 7) is 7.53. The molecule has 2 saturated heterocycles. The molecule has 2 fully saturated rings. The van der Waals surface area contributed by atoms with Crippen molar-refractivity contribution in [3.05, 3.63) is 23.5 Å². The molecule has 3 rings (SSSR count). The number of likely N-dealkylation sites (tertiary alicyclic amines) is 2. The highest BCUT2D eigenvalue weighted by Gasteiger charge is 2.28. The molecule has 0 aromatic carbocycles. The van der Waals surface area contributed by atoms with Crippen molar-refractivity contribution >= 4 is 0 Å². The third-order valence-corrected chi connectivity index (χ3v) is 4.62. The van der Waals surface area contributed by atoms with E-state index in [9.17, 15) is 5.11 Å². The van der Waals surface area contributed by atoms with Crippen molar-refractivity contribution in [2.75, 3.05) is 26.2 Å². The quantitative estimate of drug-likeness (QED) is 0.917. The Morgan fingerprint density at radius 2 is 2.00 bits per heavy atom. The second-order valence-corrected chi connectivity index (χ2v) is 6.19. The normalized spacial score (nSPS) is 25.1. The molecule has 0 radical (unpaired) electrons. The molecule has 110 valence electrons. The fourth-order valence-electron chi connectivity index (χ4n) is 3.47. The number of aromatic nitrogens is 1. The topological polar surface area (TPSA) is 39.6 Å². The Morgan fingerprint density at radius 3 is 2.80 bits per heavy atom. The first-order chi connectivity index (χ1) is 9.72. The number of rotatable bonds is 3. The number of hydrogen-bond donors (Lipinski definition) is 1. The Kier molecular flexibility index (Phi) is 4.22. The van der Waals surface area contributed by atoms with Crippen molar-refractivity contribution in [2.24, 2.45) is 0 Å². The van der Waals surface area contributed by atoms with Gasteiger partial charge in [0.2, 0.25) is 0 Å². The van der Waals surface area contributed by atoms with Gasteiger partial charge in [0, 0.05) is 31.4 Å². The third-order valence-electron chi connectivity index (χ3n) is 4.62. The van der Waals surface area contributed by atoms with Crippen molar-refractivity contribution in [3.63, 3.8) is 0 Å². The Bertz CT molecular complexity index is 457. The molecule has 0 saturated carbocycles. The highest BCUT2D eigenvalue weighted by atomic mass is 16.3. The van der Waals surface area contributed by atoms with E-state index in [2.05, 4.69) is 14.8 Å². The molecule has 0 spiro atoms. The van der Waals surface area contributed by atoms with Gasteiger partial charge in [0.05, 0.1) is 5.69 Å². The van der Waals surface area contributed by atoms with Crippen LogP contribution < -0.4 is 0 Å². The molecule has 0 amide bonds. The van der Waals surface area contributed by atoms with Crippen LogP contribution in [0, 0.1) is 6.92 Å². The van der Waals surface area contributed by atoms with E-state index < -0.39 is 0 Å². The van der Waals surface area contributed by atoms with Gasteiger partial charge >= 0.3 is 0 Å². The van der Waals surface area contributed by atoms with Crippen LogP contribution in [0.2, 0.25) is 0 Å². The second kappa shape index (κ2) is 6.10. The molecule has 1 aromatic heterocycles. The van der Waals surface area contributed by atoms with E-state index in [0.29, 0.717) is 11.8 Å². The maximum absolute atomic E-state index is 9.91. The average Bonchev–Trinajstić information content (AvgIpc) is 2.92. The Morgan fingerprint density at radius 1 is 1.20 bits per heavy atom. The molecule has 4 heteroatoms. The molecule has 2 aliphatic rings. The third kappa shape index (κ3) is 3.13. The highest BCUT2D eigenvalue weighted by Crippen LogP contribution is 2.23. The molecular weight excluding hydrogens is 250 g/mol. The van der Waals surface area contributed by atoms with Gasteiger partial charge in [-0.25, -0.2) is 0 Å². The van der Waals surface area contributed by atoms with Gasteiger partial charge in [-0.3, -0.25) is 14.8 Å². The predicted molar refractivity (Wildman–Crippen MR) is 79.7 cm³/mol. The number of aryl methyl sites for hydroxylation is 1. The molecule has 20 heavy (non-hydrogen) atoms. The Balaban J connectivity index is 1.58. The second-order valence-electron chi connectivity index (χ2n) is 6.19. The first-order valence-corrected chi connectivity index (χ1v) is 7.84. The smallest absolute Gasteiger partial charge is 0.138 e. The molecule has 4 nitrogen and oxygen atoms in total. The Hall–Kier alpha value is -1.13. The van der Waals surface area contributed by atoms with E-state index in [1.165, 1.54) is 38.8 Å². The average molecular weight is 275 g/mol. The minimum absolute atomic E-state index is 0.331. The van der Waals surface area contributed by atoms with Crippen molar-refractivity contribution in [1.29, 1.82) is 0 Å².